The van der Waals surface area contributed by atoms with Crippen LogP contribution in [0.2, 0.25) is 0 Å². The Morgan fingerprint density at radius 1 is 1.53 bits per heavy atom. The van der Waals surface area contributed by atoms with E-state index in [1.165, 1.54) is 7.11 Å². The van der Waals surface area contributed by atoms with Crippen LogP contribution >= 0.6 is 15.9 Å². The third kappa shape index (κ3) is 3.74. The summed E-state index contributed by atoms with van der Waals surface area (Å²) in [6, 6.07) is 7.08. The fourth-order valence-electron chi connectivity index (χ4n) is 1.23. The molecule has 0 radical (unpaired) electrons. The number of nitrogens with two attached hydrogens (primary N) is 1. The van der Waals surface area contributed by atoms with E-state index < -0.39 is 6.04 Å². The zero-order valence-corrected chi connectivity index (χ0v) is 10.2. The molecule has 0 aliphatic carbocycles. The molecule has 0 aromatic heterocycles. The van der Waals surface area contributed by atoms with E-state index in [4.69, 9.17) is 10.5 Å². The van der Waals surface area contributed by atoms with Crippen molar-refractivity contribution in [3.63, 3.8) is 0 Å². The normalized spacial score (nSPS) is 12.5. The molecule has 0 spiro atoms. The monoisotopic (exact) mass is 271 g/mol. The lowest BCUT2D eigenvalue weighted by Gasteiger charge is -2.09. The fourth-order valence-corrected chi connectivity index (χ4v) is 1.66. The van der Waals surface area contributed by atoms with E-state index in [1.54, 1.807) is 0 Å². The lowest BCUT2D eigenvalue weighted by atomic mass is 10.1. The van der Waals surface area contributed by atoms with Crippen LogP contribution in [-0.4, -0.2) is 25.5 Å². The SMILES string of the molecule is COCC(N)C(=O)Cc1ccccc1Br. The van der Waals surface area contributed by atoms with Crippen molar-refractivity contribution in [3.05, 3.63) is 34.3 Å². The lowest BCUT2D eigenvalue weighted by Crippen LogP contribution is -2.35. The lowest BCUT2D eigenvalue weighted by molar-refractivity contribution is -0.120. The third-order valence-corrected chi connectivity index (χ3v) is 2.86. The summed E-state index contributed by atoms with van der Waals surface area (Å²) < 4.78 is 5.77. The van der Waals surface area contributed by atoms with Gasteiger partial charge in [-0.3, -0.25) is 4.79 Å². The Kier molecular flexibility index (Phi) is 4.94. The highest BCUT2D eigenvalue weighted by Crippen LogP contribution is 2.16. The van der Waals surface area contributed by atoms with Crippen LogP contribution < -0.4 is 5.73 Å². The van der Waals surface area contributed by atoms with Crippen molar-refractivity contribution >= 4 is 21.7 Å². The summed E-state index contributed by atoms with van der Waals surface area (Å²) in [4.78, 5) is 11.6. The van der Waals surface area contributed by atoms with Crippen molar-refractivity contribution < 1.29 is 9.53 Å². The van der Waals surface area contributed by atoms with E-state index in [-0.39, 0.29) is 12.4 Å². The molecule has 0 aliphatic heterocycles. The third-order valence-electron chi connectivity index (χ3n) is 2.08. The molecule has 0 heterocycles. The molecule has 0 fully saturated rings. The molecule has 1 atom stereocenters. The van der Waals surface area contributed by atoms with Gasteiger partial charge in [0.2, 0.25) is 0 Å². The molecular formula is C11H14BrNO2. The van der Waals surface area contributed by atoms with Crippen LogP contribution in [0.4, 0.5) is 0 Å². The van der Waals surface area contributed by atoms with E-state index in [0.29, 0.717) is 6.42 Å². The van der Waals surface area contributed by atoms with Gasteiger partial charge in [0.05, 0.1) is 12.6 Å². The molecule has 1 aromatic rings. The van der Waals surface area contributed by atoms with E-state index in [2.05, 4.69) is 15.9 Å². The van der Waals surface area contributed by atoms with Crippen molar-refractivity contribution in [2.75, 3.05) is 13.7 Å². The molecule has 1 aromatic carbocycles. The van der Waals surface area contributed by atoms with Gasteiger partial charge in [-0.1, -0.05) is 34.1 Å². The smallest absolute Gasteiger partial charge is 0.156 e. The van der Waals surface area contributed by atoms with Gasteiger partial charge in [0.25, 0.3) is 0 Å². The fraction of sp³-hybridized carbons (Fsp3) is 0.364. The Bertz CT molecular complexity index is 341. The van der Waals surface area contributed by atoms with Crippen LogP contribution in [0.3, 0.4) is 0 Å². The first-order chi connectivity index (χ1) is 7.15. The Morgan fingerprint density at radius 2 is 2.20 bits per heavy atom. The molecule has 0 saturated carbocycles. The number of benzene rings is 1. The van der Waals surface area contributed by atoms with Crippen molar-refractivity contribution in [2.24, 2.45) is 5.73 Å². The summed E-state index contributed by atoms with van der Waals surface area (Å²) >= 11 is 3.39. The Hall–Kier alpha value is -0.710. The van der Waals surface area contributed by atoms with Gasteiger partial charge in [-0.15, -0.1) is 0 Å². The van der Waals surface area contributed by atoms with Crippen LogP contribution in [0.25, 0.3) is 0 Å². The van der Waals surface area contributed by atoms with Crippen molar-refractivity contribution in [2.45, 2.75) is 12.5 Å². The number of ether oxygens (including phenoxy) is 1. The average molecular weight is 272 g/mol. The molecule has 0 saturated heterocycles. The number of hydrogen-bond donors (Lipinski definition) is 1. The first-order valence-electron chi connectivity index (χ1n) is 4.65. The van der Waals surface area contributed by atoms with E-state index in [0.717, 1.165) is 10.0 Å². The van der Waals surface area contributed by atoms with Gasteiger partial charge in [-0.2, -0.15) is 0 Å². The molecule has 3 nitrogen and oxygen atoms in total. The summed E-state index contributed by atoms with van der Waals surface area (Å²) in [5.74, 6) is -0.0104. The Morgan fingerprint density at radius 3 is 2.80 bits per heavy atom. The molecule has 15 heavy (non-hydrogen) atoms. The van der Waals surface area contributed by atoms with Gasteiger partial charge in [-0.05, 0) is 11.6 Å². The Labute approximate surface area is 97.7 Å². The van der Waals surface area contributed by atoms with Crippen LogP contribution in [0.15, 0.2) is 28.7 Å². The number of methoxy groups -OCH3 is 1. The molecule has 0 bridgehead atoms. The van der Waals surface area contributed by atoms with Crippen LogP contribution in [0.5, 0.6) is 0 Å². The Balaban J connectivity index is 2.62. The van der Waals surface area contributed by atoms with E-state index >= 15 is 0 Å². The maximum Gasteiger partial charge on any atom is 0.156 e. The van der Waals surface area contributed by atoms with Gasteiger partial charge in [0.1, 0.15) is 0 Å². The summed E-state index contributed by atoms with van der Waals surface area (Å²) in [6.07, 6.45) is 0.339. The molecule has 82 valence electrons. The second kappa shape index (κ2) is 6.00. The van der Waals surface area contributed by atoms with Crippen molar-refractivity contribution in [1.29, 1.82) is 0 Å². The maximum absolute atomic E-state index is 11.6. The van der Waals surface area contributed by atoms with Gasteiger partial charge < -0.3 is 10.5 Å². The number of ketones is 1. The largest absolute Gasteiger partial charge is 0.383 e. The summed E-state index contributed by atoms with van der Waals surface area (Å²) in [6.45, 7) is 0.267. The second-order valence-corrected chi connectivity index (χ2v) is 4.15. The number of Topliss-reactive ketones (excluding diaryl/α,β-unsaturated/α-hetero) is 1. The standard InChI is InChI=1S/C11H14BrNO2/c1-15-7-10(13)11(14)6-8-4-2-3-5-9(8)12/h2-5,10H,6-7,13H2,1H3. The van der Waals surface area contributed by atoms with Crippen LogP contribution in [0, 0.1) is 0 Å². The predicted octanol–water partition coefficient (Wildman–Crippen LogP) is 1.53. The molecular weight excluding hydrogens is 258 g/mol. The number of rotatable bonds is 5. The number of hydrogen-bond acceptors (Lipinski definition) is 3. The number of carbonyl (C=O) groups is 1. The molecule has 0 amide bonds. The van der Waals surface area contributed by atoms with E-state index in [1.807, 2.05) is 24.3 Å². The second-order valence-electron chi connectivity index (χ2n) is 3.30. The maximum atomic E-state index is 11.6. The summed E-state index contributed by atoms with van der Waals surface area (Å²) in [7, 11) is 1.53. The molecule has 1 unspecified atom stereocenters. The quantitative estimate of drug-likeness (QED) is 0.884. The number of halogens is 1. The summed E-state index contributed by atoms with van der Waals surface area (Å²) in [5, 5.41) is 0. The van der Waals surface area contributed by atoms with Gasteiger partial charge in [0.15, 0.2) is 5.78 Å². The highest BCUT2D eigenvalue weighted by Gasteiger charge is 2.14. The first kappa shape index (κ1) is 12.4. The molecule has 1 rings (SSSR count). The molecule has 4 heteroatoms. The average Bonchev–Trinajstić information content (AvgIpc) is 2.21. The summed E-state index contributed by atoms with van der Waals surface area (Å²) in [5.41, 5.74) is 6.59. The van der Waals surface area contributed by atoms with E-state index in [9.17, 15) is 4.79 Å². The van der Waals surface area contributed by atoms with Crippen LogP contribution in [-0.2, 0) is 16.0 Å². The van der Waals surface area contributed by atoms with Gasteiger partial charge in [0, 0.05) is 18.0 Å². The highest BCUT2D eigenvalue weighted by atomic mass is 79.9. The minimum atomic E-state index is -0.540. The van der Waals surface area contributed by atoms with Crippen LogP contribution in [0.1, 0.15) is 5.56 Å². The minimum absolute atomic E-state index is 0.0104. The zero-order chi connectivity index (χ0) is 11.3. The first-order valence-corrected chi connectivity index (χ1v) is 5.45. The zero-order valence-electron chi connectivity index (χ0n) is 8.57. The van der Waals surface area contributed by atoms with Gasteiger partial charge in [-0.25, -0.2) is 0 Å². The predicted molar refractivity (Wildman–Crippen MR) is 62.7 cm³/mol. The minimum Gasteiger partial charge on any atom is -0.383 e. The topological polar surface area (TPSA) is 52.3 Å². The number of carbonyl (C=O) groups excluding carboxylic acids is 1. The molecule has 0 aliphatic rings. The van der Waals surface area contributed by atoms with Crippen molar-refractivity contribution in [3.8, 4) is 0 Å². The highest BCUT2D eigenvalue weighted by molar-refractivity contribution is 9.10. The van der Waals surface area contributed by atoms with Gasteiger partial charge >= 0.3 is 0 Å². The van der Waals surface area contributed by atoms with Crippen molar-refractivity contribution in [1.82, 2.24) is 0 Å². The molecule has 2 N–H and O–H groups in total.